The number of carbonyl (C=O) groups is 1. The van der Waals surface area contributed by atoms with Crippen molar-refractivity contribution in [3.63, 3.8) is 0 Å². The summed E-state index contributed by atoms with van der Waals surface area (Å²) < 4.78 is 0. The molecule has 25 heavy (non-hydrogen) atoms. The lowest BCUT2D eigenvalue weighted by Gasteiger charge is -2.30. The molecule has 3 aliphatic carbocycles. The molecule has 0 saturated heterocycles. The Labute approximate surface area is 148 Å². The van der Waals surface area contributed by atoms with Gasteiger partial charge in [-0.05, 0) is 43.6 Å². The first-order valence-electron chi connectivity index (χ1n) is 9.25. The van der Waals surface area contributed by atoms with Crippen LogP contribution < -0.4 is 5.48 Å². The average Bonchev–Trinajstić information content (AvgIpc) is 3.17. The van der Waals surface area contributed by atoms with Gasteiger partial charge in [0.25, 0.3) is 0 Å². The molecule has 4 atom stereocenters. The van der Waals surface area contributed by atoms with E-state index in [4.69, 9.17) is 9.94 Å². The van der Waals surface area contributed by atoms with E-state index >= 15 is 0 Å². The van der Waals surface area contributed by atoms with E-state index in [-0.39, 0.29) is 18.3 Å². The molecule has 4 unspecified atom stereocenters. The minimum absolute atomic E-state index is 0.0932. The number of hydrogen-bond acceptors (Lipinski definition) is 5. The minimum atomic E-state index is -0.825. The molecule has 2 fully saturated rings. The second-order valence-corrected chi connectivity index (χ2v) is 7.34. The summed E-state index contributed by atoms with van der Waals surface area (Å²) in [5.74, 6) is 5.54. The van der Waals surface area contributed by atoms with Crippen molar-refractivity contribution in [1.29, 1.82) is 0 Å². The zero-order valence-corrected chi connectivity index (χ0v) is 14.4. The Morgan fingerprint density at radius 1 is 1.32 bits per heavy atom. The SMILES string of the molecule is O=C(O)CCCONC1=C2CC(C#CC(O)C3CCCC3)C(O)C2C1. The van der Waals surface area contributed by atoms with Crippen LogP contribution in [0.25, 0.3) is 0 Å². The lowest BCUT2D eigenvalue weighted by molar-refractivity contribution is -0.137. The summed E-state index contributed by atoms with van der Waals surface area (Å²) in [4.78, 5) is 15.7. The van der Waals surface area contributed by atoms with Crippen molar-refractivity contribution in [2.24, 2.45) is 17.8 Å². The fourth-order valence-electron chi connectivity index (χ4n) is 4.07. The standard InChI is InChI=1S/C19H27NO5/c21-17(12-4-1-2-5-12)8-7-13-10-14-15(19(13)24)11-16(14)20-25-9-3-6-18(22)23/h12-13,15,17,19-21,24H,1-6,9-11H2,(H,22,23). The van der Waals surface area contributed by atoms with Crippen LogP contribution in [0.2, 0.25) is 0 Å². The minimum Gasteiger partial charge on any atom is -0.481 e. The monoisotopic (exact) mass is 349 g/mol. The van der Waals surface area contributed by atoms with Crippen LogP contribution >= 0.6 is 0 Å². The van der Waals surface area contributed by atoms with Crippen LogP contribution in [0.15, 0.2) is 11.3 Å². The number of carboxylic acids is 1. The highest BCUT2D eigenvalue weighted by molar-refractivity contribution is 5.66. The number of allylic oxidation sites excluding steroid dienone is 1. The van der Waals surface area contributed by atoms with E-state index in [1.807, 2.05) is 0 Å². The van der Waals surface area contributed by atoms with Crippen LogP contribution in [0, 0.1) is 29.6 Å². The molecule has 0 radical (unpaired) electrons. The molecule has 0 aliphatic heterocycles. The highest BCUT2D eigenvalue weighted by atomic mass is 16.6. The Hall–Kier alpha value is -1.55. The number of aliphatic hydroxyl groups excluding tert-OH is 2. The molecule has 4 N–H and O–H groups in total. The van der Waals surface area contributed by atoms with Crippen molar-refractivity contribution >= 4 is 5.97 Å². The molecule has 0 spiro atoms. The van der Waals surface area contributed by atoms with Crippen molar-refractivity contribution < 1.29 is 25.0 Å². The Kier molecular flexibility index (Phi) is 6.00. The summed E-state index contributed by atoms with van der Waals surface area (Å²) in [5.41, 5.74) is 5.03. The van der Waals surface area contributed by atoms with Gasteiger partial charge in [-0.25, -0.2) is 0 Å². The van der Waals surface area contributed by atoms with Crippen LogP contribution in [0.3, 0.4) is 0 Å². The average molecular weight is 349 g/mol. The van der Waals surface area contributed by atoms with Gasteiger partial charge in [0.1, 0.15) is 6.10 Å². The molecule has 0 heterocycles. The molecule has 0 aromatic rings. The van der Waals surface area contributed by atoms with E-state index < -0.39 is 18.2 Å². The molecule has 6 nitrogen and oxygen atoms in total. The van der Waals surface area contributed by atoms with E-state index in [0.717, 1.165) is 30.5 Å². The molecule has 3 aliphatic rings. The van der Waals surface area contributed by atoms with Crippen LogP contribution in [0.5, 0.6) is 0 Å². The van der Waals surface area contributed by atoms with Gasteiger partial charge in [-0.3, -0.25) is 15.1 Å². The number of aliphatic hydroxyl groups is 2. The maximum Gasteiger partial charge on any atom is 0.303 e. The van der Waals surface area contributed by atoms with E-state index in [2.05, 4.69) is 17.3 Å². The number of carboxylic acid groups (broad SMARTS) is 1. The van der Waals surface area contributed by atoms with Crippen LogP contribution in [-0.4, -0.2) is 40.1 Å². The third-order valence-electron chi connectivity index (χ3n) is 5.62. The number of nitrogens with one attached hydrogen (secondary N) is 1. The predicted octanol–water partition coefficient (Wildman–Crippen LogP) is 1.58. The first-order valence-corrected chi connectivity index (χ1v) is 9.25. The second kappa shape index (κ2) is 8.22. The molecule has 138 valence electrons. The molecule has 2 saturated carbocycles. The topological polar surface area (TPSA) is 99.0 Å². The van der Waals surface area contributed by atoms with Gasteiger partial charge < -0.3 is 15.3 Å². The fourth-order valence-corrected chi connectivity index (χ4v) is 4.07. The third-order valence-corrected chi connectivity index (χ3v) is 5.62. The summed E-state index contributed by atoms with van der Waals surface area (Å²) in [6.07, 6.45) is 5.38. The number of hydrogen-bond donors (Lipinski definition) is 4. The van der Waals surface area contributed by atoms with Gasteiger partial charge in [0.05, 0.1) is 18.6 Å². The number of aliphatic carboxylic acids is 1. The molecule has 6 heteroatoms. The zero-order valence-electron chi connectivity index (χ0n) is 14.4. The molecule has 3 rings (SSSR count). The van der Waals surface area contributed by atoms with Crippen LogP contribution in [0.1, 0.15) is 51.4 Å². The summed E-state index contributed by atoms with van der Waals surface area (Å²) in [6, 6.07) is 0. The number of hydroxylamine groups is 1. The van der Waals surface area contributed by atoms with Gasteiger partial charge in [-0.1, -0.05) is 24.7 Å². The van der Waals surface area contributed by atoms with Crippen molar-refractivity contribution in [2.45, 2.75) is 63.6 Å². The lowest BCUT2D eigenvalue weighted by Crippen LogP contribution is -2.32. The van der Waals surface area contributed by atoms with E-state index in [1.165, 1.54) is 12.8 Å². The van der Waals surface area contributed by atoms with Gasteiger partial charge in [0.2, 0.25) is 0 Å². The van der Waals surface area contributed by atoms with Crippen molar-refractivity contribution in [3.05, 3.63) is 11.3 Å². The smallest absolute Gasteiger partial charge is 0.303 e. The van der Waals surface area contributed by atoms with Crippen LogP contribution in [-0.2, 0) is 9.63 Å². The van der Waals surface area contributed by atoms with Gasteiger partial charge in [-0.2, -0.15) is 0 Å². The van der Waals surface area contributed by atoms with E-state index in [1.54, 1.807) is 0 Å². The summed E-state index contributed by atoms with van der Waals surface area (Å²) >= 11 is 0. The summed E-state index contributed by atoms with van der Waals surface area (Å²) in [6.45, 7) is 0.340. The highest BCUT2D eigenvalue weighted by Crippen LogP contribution is 2.48. The third kappa shape index (κ3) is 4.35. The molecular weight excluding hydrogens is 322 g/mol. The molecule has 0 amide bonds. The Morgan fingerprint density at radius 2 is 2.08 bits per heavy atom. The van der Waals surface area contributed by atoms with Crippen molar-refractivity contribution in [3.8, 4) is 11.8 Å². The van der Waals surface area contributed by atoms with Crippen molar-refractivity contribution in [2.75, 3.05) is 6.61 Å². The summed E-state index contributed by atoms with van der Waals surface area (Å²) in [5, 5.41) is 29.1. The predicted molar refractivity (Wildman–Crippen MR) is 90.9 cm³/mol. The van der Waals surface area contributed by atoms with Crippen molar-refractivity contribution in [1.82, 2.24) is 5.48 Å². The van der Waals surface area contributed by atoms with Crippen LogP contribution in [0.4, 0.5) is 0 Å². The van der Waals surface area contributed by atoms with Gasteiger partial charge in [0.15, 0.2) is 0 Å². The van der Waals surface area contributed by atoms with E-state index in [9.17, 15) is 15.0 Å². The first kappa shape index (κ1) is 18.2. The second-order valence-electron chi connectivity index (χ2n) is 7.34. The zero-order chi connectivity index (χ0) is 17.8. The fraction of sp³-hybridized carbons (Fsp3) is 0.737. The first-order chi connectivity index (χ1) is 12.1. The highest BCUT2D eigenvalue weighted by Gasteiger charge is 2.45. The Morgan fingerprint density at radius 3 is 2.80 bits per heavy atom. The van der Waals surface area contributed by atoms with Gasteiger partial charge in [-0.15, -0.1) is 0 Å². The Bertz CT molecular complexity index is 584. The Balaban J connectivity index is 1.47. The molecule has 0 aromatic carbocycles. The largest absolute Gasteiger partial charge is 0.481 e. The maximum atomic E-state index is 10.4. The molecular formula is C19H27NO5. The van der Waals surface area contributed by atoms with Gasteiger partial charge in [0, 0.05) is 18.0 Å². The van der Waals surface area contributed by atoms with E-state index in [0.29, 0.717) is 25.4 Å². The number of rotatable bonds is 7. The maximum absolute atomic E-state index is 10.4. The molecule has 0 aromatic heterocycles. The normalized spacial score (nSPS) is 29.6. The molecule has 0 bridgehead atoms. The quantitative estimate of drug-likeness (QED) is 0.316. The number of fused-ring (bicyclic) bond motifs is 1. The summed E-state index contributed by atoms with van der Waals surface area (Å²) in [7, 11) is 0. The van der Waals surface area contributed by atoms with Gasteiger partial charge >= 0.3 is 5.97 Å². The lowest BCUT2D eigenvalue weighted by atomic mass is 9.83.